The first-order valence-corrected chi connectivity index (χ1v) is 9.15. The summed E-state index contributed by atoms with van der Waals surface area (Å²) in [5, 5.41) is 0. The molecule has 0 bridgehead atoms. The Balaban J connectivity index is 1.41. The van der Waals surface area contributed by atoms with Gasteiger partial charge in [0, 0.05) is 49.4 Å². The Morgan fingerprint density at radius 2 is 2.00 bits per heavy atom. The number of amides is 1. The van der Waals surface area contributed by atoms with Crippen LogP contribution in [0.4, 0.5) is 4.39 Å². The van der Waals surface area contributed by atoms with Crippen molar-refractivity contribution in [3.8, 4) is 0 Å². The number of halogens is 1. The first-order valence-electron chi connectivity index (χ1n) is 9.15. The van der Waals surface area contributed by atoms with E-state index in [0.717, 1.165) is 30.8 Å². The molecule has 0 saturated carbocycles. The molecule has 3 aromatic rings. The number of aromatic nitrogens is 3. The number of carbonyl (C=O) groups excluding carboxylic acids is 1. The molecule has 1 fully saturated rings. The molecular formula is C21H21FN4O. The van der Waals surface area contributed by atoms with Gasteiger partial charge in [0.15, 0.2) is 0 Å². The zero-order valence-electron chi connectivity index (χ0n) is 15.0. The summed E-state index contributed by atoms with van der Waals surface area (Å²) < 4.78 is 15.5. The number of hydrogen-bond acceptors (Lipinski definition) is 3. The van der Waals surface area contributed by atoms with Crippen LogP contribution in [-0.4, -0.2) is 38.4 Å². The second-order valence-corrected chi connectivity index (χ2v) is 6.85. The van der Waals surface area contributed by atoms with Crippen molar-refractivity contribution in [2.24, 2.45) is 0 Å². The lowest BCUT2D eigenvalue weighted by molar-refractivity contribution is 0.0710. The summed E-state index contributed by atoms with van der Waals surface area (Å²) in [6.45, 7) is 2.05. The van der Waals surface area contributed by atoms with Crippen LogP contribution in [0.1, 0.15) is 40.5 Å². The van der Waals surface area contributed by atoms with E-state index in [9.17, 15) is 9.18 Å². The van der Waals surface area contributed by atoms with Gasteiger partial charge in [-0.3, -0.25) is 9.78 Å². The molecule has 1 amide bonds. The lowest BCUT2D eigenvalue weighted by atomic mass is 9.95. The van der Waals surface area contributed by atoms with Crippen LogP contribution in [0.25, 0.3) is 0 Å². The first kappa shape index (κ1) is 17.4. The number of carbonyl (C=O) groups is 1. The van der Waals surface area contributed by atoms with Crippen LogP contribution < -0.4 is 0 Å². The summed E-state index contributed by atoms with van der Waals surface area (Å²) in [4.78, 5) is 23.1. The summed E-state index contributed by atoms with van der Waals surface area (Å²) in [5.74, 6) is 0.879. The summed E-state index contributed by atoms with van der Waals surface area (Å²) in [5.41, 5.74) is 1.54. The van der Waals surface area contributed by atoms with Crippen LogP contribution in [0.15, 0.2) is 61.2 Å². The minimum absolute atomic E-state index is 0.105. The molecule has 0 aliphatic carbocycles. The highest BCUT2D eigenvalue weighted by atomic mass is 19.1. The Hall–Kier alpha value is -3.02. The number of rotatable bonds is 4. The van der Waals surface area contributed by atoms with Gasteiger partial charge in [-0.2, -0.15) is 0 Å². The van der Waals surface area contributed by atoms with Gasteiger partial charge in [0.25, 0.3) is 5.91 Å². The van der Waals surface area contributed by atoms with Crippen LogP contribution >= 0.6 is 0 Å². The third-order valence-electron chi connectivity index (χ3n) is 5.04. The third kappa shape index (κ3) is 3.89. The second kappa shape index (κ2) is 7.70. The van der Waals surface area contributed by atoms with Crippen LogP contribution in [0.2, 0.25) is 0 Å². The van der Waals surface area contributed by atoms with Gasteiger partial charge < -0.3 is 9.47 Å². The van der Waals surface area contributed by atoms with Gasteiger partial charge in [0.1, 0.15) is 11.6 Å². The molecule has 0 radical (unpaired) electrons. The molecule has 27 heavy (non-hydrogen) atoms. The third-order valence-corrected chi connectivity index (χ3v) is 5.04. The fraction of sp³-hybridized carbons (Fsp3) is 0.286. The van der Waals surface area contributed by atoms with Crippen molar-refractivity contribution in [3.63, 3.8) is 0 Å². The fourth-order valence-corrected chi connectivity index (χ4v) is 3.65. The monoisotopic (exact) mass is 364 g/mol. The average Bonchev–Trinajstić information content (AvgIpc) is 3.16. The molecule has 3 heterocycles. The van der Waals surface area contributed by atoms with E-state index in [1.54, 1.807) is 23.2 Å². The summed E-state index contributed by atoms with van der Waals surface area (Å²) in [6, 6.07) is 9.88. The predicted molar refractivity (Wildman–Crippen MR) is 99.8 cm³/mol. The maximum absolute atomic E-state index is 13.4. The van der Waals surface area contributed by atoms with Gasteiger partial charge in [-0.1, -0.05) is 12.1 Å². The highest BCUT2D eigenvalue weighted by Crippen LogP contribution is 2.28. The molecule has 1 aliphatic rings. The number of benzene rings is 1. The molecule has 0 N–H and O–H groups in total. The van der Waals surface area contributed by atoms with Gasteiger partial charge in [0.05, 0.1) is 6.54 Å². The Bertz CT molecular complexity index is 917. The zero-order valence-corrected chi connectivity index (χ0v) is 15.0. The average molecular weight is 364 g/mol. The van der Waals surface area contributed by atoms with Crippen LogP contribution in [-0.2, 0) is 6.54 Å². The highest BCUT2D eigenvalue weighted by Gasteiger charge is 2.27. The van der Waals surface area contributed by atoms with Crippen molar-refractivity contribution >= 4 is 5.91 Å². The van der Waals surface area contributed by atoms with E-state index >= 15 is 0 Å². The molecule has 1 saturated heterocycles. The van der Waals surface area contributed by atoms with Crippen molar-refractivity contribution in [2.45, 2.75) is 25.3 Å². The van der Waals surface area contributed by atoms with E-state index in [-0.39, 0.29) is 11.7 Å². The van der Waals surface area contributed by atoms with Crippen molar-refractivity contribution in [1.82, 2.24) is 19.4 Å². The molecule has 2 aromatic heterocycles. The maximum Gasteiger partial charge on any atom is 0.253 e. The van der Waals surface area contributed by atoms with E-state index in [4.69, 9.17) is 0 Å². The lowest BCUT2D eigenvalue weighted by Crippen LogP contribution is -2.38. The van der Waals surface area contributed by atoms with Crippen molar-refractivity contribution in [1.29, 1.82) is 0 Å². The quantitative estimate of drug-likeness (QED) is 0.712. The van der Waals surface area contributed by atoms with E-state index in [0.29, 0.717) is 24.6 Å². The Kier molecular flexibility index (Phi) is 4.96. The van der Waals surface area contributed by atoms with E-state index in [1.165, 1.54) is 12.1 Å². The van der Waals surface area contributed by atoms with Gasteiger partial charge in [-0.25, -0.2) is 9.37 Å². The van der Waals surface area contributed by atoms with Crippen molar-refractivity contribution in [3.05, 3.63) is 84.0 Å². The number of nitrogens with zero attached hydrogens (tertiary/aromatic N) is 4. The number of piperidine rings is 1. The molecule has 0 atom stereocenters. The number of hydrogen-bond donors (Lipinski definition) is 0. The molecular weight excluding hydrogens is 343 g/mol. The predicted octanol–water partition coefficient (Wildman–Crippen LogP) is 3.49. The molecule has 5 nitrogen and oxygen atoms in total. The molecule has 0 spiro atoms. The van der Waals surface area contributed by atoms with Gasteiger partial charge in [0.2, 0.25) is 0 Å². The molecule has 1 aromatic carbocycles. The first-order chi connectivity index (χ1) is 13.2. The van der Waals surface area contributed by atoms with E-state index in [1.807, 2.05) is 24.7 Å². The lowest BCUT2D eigenvalue weighted by Gasteiger charge is -2.32. The Morgan fingerprint density at radius 1 is 1.15 bits per heavy atom. The largest absolute Gasteiger partial charge is 0.339 e. The molecule has 138 valence electrons. The Morgan fingerprint density at radius 3 is 2.74 bits per heavy atom. The number of likely N-dealkylation sites (tertiary alicyclic amines) is 1. The smallest absolute Gasteiger partial charge is 0.253 e. The van der Waals surface area contributed by atoms with Crippen LogP contribution in [0, 0.1) is 5.82 Å². The molecule has 1 aliphatic heterocycles. The number of pyridine rings is 1. The second-order valence-electron chi connectivity index (χ2n) is 6.85. The van der Waals surface area contributed by atoms with E-state index in [2.05, 4.69) is 20.6 Å². The minimum atomic E-state index is -0.381. The van der Waals surface area contributed by atoms with Crippen molar-refractivity contribution < 1.29 is 9.18 Å². The molecule has 6 heteroatoms. The van der Waals surface area contributed by atoms with Gasteiger partial charge in [-0.05, 0) is 42.7 Å². The molecule has 4 rings (SSSR count). The number of imidazole rings is 1. The van der Waals surface area contributed by atoms with Crippen LogP contribution in [0.3, 0.4) is 0 Å². The Labute approximate surface area is 157 Å². The van der Waals surface area contributed by atoms with Gasteiger partial charge in [-0.15, -0.1) is 0 Å². The zero-order chi connectivity index (χ0) is 18.6. The highest BCUT2D eigenvalue weighted by molar-refractivity contribution is 5.94. The van der Waals surface area contributed by atoms with Gasteiger partial charge >= 0.3 is 0 Å². The normalized spacial score (nSPS) is 15.1. The van der Waals surface area contributed by atoms with E-state index < -0.39 is 0 Å². The maximum atomic E-state index is 13.4. The standard InChI is InChI=1S/C21H21FN4O/c22-19-5-1-4-18(13-19)21(27)25-10-6-17(7-11-25)20-24-9-12-26(20)15-16-3-2-8-23-14-16/h1-5,8-9,12-14,17H,6-7,10-11,15H2. The SMILES string of the molecule is O=C(c1cccc(F)c1)N1CCC(c2nccn2Cc2cccnc2)CC1. The topological polar surface area (TPSA) is 51.0 Å². The summed E-state index contributed by atoms with van der Waals surface area (Å²) in [7, 11) is 0. The fourth-order valence-electron chi connectivity index (χ4n) is 3.65. The minimum Gasteiger partial charge on any atom is -0.339 e. The van der Waals surface area contributed by atoms with Crippen molar-refractivity contribution in [2.75, 3.05) is 13.1 Å². The summed E-state index contributed by atoms with van der Waals surface area (Å²) in [6.07, 6.45) is 9.16. The summed E-state index contributed by atoms with van der Waals surface area (Å²) >= 11 is 0. The van der Waals surface area contributed by atoms with Crippen LogP contribution in [0.5, 0.6) is 0 Å². The molecule has 0 unspecified atom stereocenters.